The molecule has 6 heteroatoms. The number of benzene rings is 1. The molecule has 25 heavy (non-hydrogen) atoms. The smallest absolute Gasteiger partial charge is 0.310 e. The number of thiophene rings is 1. The van der Waals surface area contributed by atoms with E-state index in [-0.39, 0.29) is 17.8 Å². The fourth-order valence-electron chi connectivity index (χ4n) is 2.53. The highest BCUT2D eigenvalue weighted by atomic mass is 32.1. The second-order valence-corrected chi connectivity index (χ2v) is 6.69. The van der Waals surface area contributed by atoms with Crippen LogP contribution < -0.4 is 4.74 Å². The highest BCUT2D eigenvalue weighted by Crippen LogP contribution is 2.37. The second-order valence-electron chi connectivity index (χ2n) is 5.64. The van der Waals surface area contributed by atoms with Gasteiger partial charge < -0.3 is 14.4 Å². The van der Waals surface area contributed by atoms with E-state index in [1.165, 1.54) is 18.4 Å². The lowest BCUT2D eigenvalue weighted by Crippen LogP contribution is -2.36. The molecule has 2 aromatic rings. The predicted molar refractivity (Wildman–Crippen MR) is 99.1 cm³/mol. The van der Waals surface area contributed by atoms with Crippen LogP contribution in [0, 0.1) is 5.92 Å². The van der Waals surface area contributed by atoms with E-state index < -0.39 is 0 Å². The summed E-state index contributed by atoms with van der Waals surface area (Å²) in [5.74, 6) is -0.289. The van der Waals surface area contributed by atoms with E-state index in [2.05, 4.69) is 0 Å². The average molecular weight is 361 g/mol. The predicted octanol–water partition coefficient (Wildman–Crippen LogP) is 3.69. The molecule has 0 saturated carbocycles. The lowest BCUT2D eigenvalue weighted by Gasteiger charge is -2.23. The third-order valence-corrected chi connectivity index (χ3v) is 5.09. The summed E-state index contributed by atoms with van der Waals surface area (Å²) in [6.07, 6.45) is 0. The first-order valence-corrected chi connectivity index (χ1v) is 8.93. The summed E-state index contributed by atoms with van der Waals surface area (Å²) in [6, 6.07) is 11.7. The quantitative estimate of drug-likeness (QED) is 0.706. The largest absolute Gasteiger partial charge is 0.495 e. The van der Waals surface area contributed by atoms with Gasteiger partial charge in [0.1, 0.15) is 10.6 Å². The number of rotatable bonds is 7. The molecule has 2 rings (SSSR count). The minimum atomic E-state index is -0.381. The van der Waals surface area contributed by atoms with E-state index in [4.69, 9.17) is 9.47 Å². The van der Waals surface area contributed by atoms with Crippen molar-refractivity contribution in [3.8, 4) is 16.2 Å². The van der Waals surface area contributed by atoms with Gasteiger partial charge in [0.05, 0.1) is 20.1 Å². The summed E-state index contributed by atoms with van der Waals surface area (Å²) >= 11 is 1.40. The maximum Gasteiger partial charge on any atom is 0.310 e. The molecular formula is C19H23NO4S. The Morgan fingerprint density at radius 2 is 1.88 bits per heavy atom. The van der Waals surface area contributed by atoms with Gasteiger partial charge in [-0.2, -0.15) is 0 Å². The summed E-state index contributed by atoms with van der Waals surface area (Å²) in [6.45, 7) is 4.45. The molecule has 134 valence electrons. The molecule has 1 aromatic heterocycles. The Morgan fingerprint density at radius 3 is 2.44 bits per heavy atom. The van der Waals surface area contributed by atoms with Crippen molar-refractivity contribution >= 4 is 23.2 Å². The molecule has 5 nitrogen and oxygen atoms in total. The van der Waals surface area contributed by atoms with Gasteiger partial charge in [0.15, 0.2) is 0 Å². The molecule has 0 radical (unpaired) electrons. The van der Waals surface area contributed by atoms with Gasteiger partial charge in [-0.3, -0.25) is 9.59 Å². The van der Waals surface area contributed by atoms with Crippen LogP contribution in [0.2, 0.25) is 0 Å². The first kappa shape index (κ1) is 19.0. The van der Waals surface area contributed by atoms with E-state index in [9.17, 15) is 9.59 Å². The van der Waals surface area contributed by atoms with E-state index in [1.807, 2.05) is 43.3 Å². The van der Waals surface area contributed by atoms with Gasteiger partial charge in [-0.15, -0.1) is 11.3 Å². The normalized spacial score (nSPS) is 11.7. The topological polar surface area (TPSA) is 55.8 Å². The first-order chi connectivity index (χ1) is 12.0. The van der Waals surface area contributed by atoms with Crippen molar-refractivity contribution in [2.75, 3.05) is 27.3 Å². The summed E-state index contributed by atoms with van der Waals surface area (Å²) in [4.78, 5) is 27.8. The van der Waals surface area contributed by atoms with Crippen LogP contribution in [0.3, 0.4) is 0 Å². The van der Waals surface area contributed by atoms with Crippen LogP contribution >= 0.6 is 11.3 Å². The van der Waals surface area contributed by atoms with Crippen LogP contribution in [0.1, 0.15) is 23.5 Å². The lowest BCUT2D eigenvalue weighted by molar-refractivity contribution is -0.145. The van der Waals surface area contributed by atoms with Crippen molar-refractivity contribution in [1.29, 1.82) is 0 Å². The zero-order chi connectivity index (χ0) is 18.4. The fraction of sp³-hybridized carbons (Fsp3) is 0.368. The molecule has 0 aliphatic carbocycles. The minimum absolute atomic E-state index is 0.137. The summed E-state index contributed by atoms with van der Waals surface area (Å²) in [5.41, 5.74) is 1.04. The number of nitrogens with zero attached hydrogens (tertiary/aromatic N) is 1. The maximum absolute atomic E-state index is 13.0. The van der Waals surface area contributed by atoms with Crippen LogP contribution in [-0.4, -0.2) is 44.1 Å². The number of methoxy groups -OCH3 is 2. The number of hydrogen-bond donors (Lipinski definition) is 0. The molecule has 1 amide bonds. The molecule has 0 spiro atoms. The lowest BCUT2D eigenvalue weighted by atomic mass is 10.1. The number of carbonyl (C=O) groups is 2. The van der Waals surface area contributed by atoms with Crippen molar-refractivity contribution in [3.05, 3.63) is 41.3 Å². The second kappa shape index (κ2) is 8.67. The van der Waals surface area contributed by atoms with Crippen molar-refractivity contribution in [2.45, 2.75) is 13.8 Å². The van der Waals surface area contributed by atoms with Gasteiger partial charge in [-0.25, -0.2) is 0 Å². The maximum atomic E-state index is 13.0. The third kappa shape index (κ3) is 4.39. The Bertz CT molecular complexity index is 726. The van der Waals surface area contributed by atoms with E-state index in [0.29, 0.717) is 23.7 Å². The number of hydrogen-bond acceptors (Lipinski definition) is 5. The monoisotopic (exact) mass is 361 g/mol. The highest BCUT2D eigenvalue weighted by molar-refractivity contribution is 7.17. The van der Waals surface area contributed by atoms with Crippen molar-refractivity contribution < 1.29 is 19.1 Å². The van der Waals surface area contributed by atoms with Crippen LogP contribution in [0.15, 0.2) is 36.4 Å². The first-order valence-electron chi connectivity index (χ1n) is 8.12. The molecule has 0 aliphatic heterocycles. The van der Waals surface area contributed by atoms with Gasteiger partial charge in [0.25, 0.3) is 5.91 Å². The summed E-state index contributed by atoms with van der Waals surface area (Å²) in [5, 5.41) is 0. The van der Waals surface area contributed by atoms with Gasteiger partial charge >= 0.3 is 5.97 Å². The van der Waals surface area contributed by atoms with Crippen LogP contribution in [0.25, 0.3) is 10.4 Å². The third-order valence-electron chi connectivity index (χ3n) is 3.94. The standard InChI is InChI=1S/C19H23NO4S/c1-5-20(12-13(2)19(22)24-4)18(21)17-15(23-3)11-16(25-17)14-9-7-6-8-10-14/h6-11,13H,5,12H2,1-4H3. The Labute approximate surface area is 152 Å². The van der Waals surface area contributed by atoms with Crippen LogP contribution in [0.5, 0.6) is 5.75 Å². The van der Waals surface area contributed by atoms with Gasteiger partial charge in [0.2, 0.25) is 0 Å². The van der Waals surface area contributed by atoms with Gasteiger partial charge in [-0.05, 0) is 18.6 Å². The fourth-order valence-corrected chi connectivity index (χ4v) is 3.62. The van der Waals surface area contributed by atoms with Crippen LogP contribution in [-0.2, 0) is 9.53 Å². The van der Waals surface area contributed by atoms with Crippen molar-refractivity contribution in [3.63, 3.8) is 0 Å². The Kier molecular flexibility index (Phi) is 6.58. The molecule has 0 aliphatic rings. The minimum Gasteiger partial charge on any atom is -0.495 e. The zero-order valence-corrected chi connectivity index (χ0v) is 15.8. The Morgan fingerprint density at radius 1 is 1.20 bits per heavy atom. The Hall–Kier alpha value is -2.34. The number of esters is 1. The molecular weight excluding hydrogens is 338 g/mol. The SMILES string of the molecule is CCN(CC(C)C(=O)OC)C(=O)c1sc(-c2ccccc2)cc1OC. The number of amides is 1. The highest BCUT2D eigenvalue weighted by Gasteiger charge is 2.25. The van der Waals surface area contributed by atoms with Gasteiger partial charge in [0, 0.05) is 18.0 Å². The van der Waals surface area contributed by atoms with E-state index in [1.54, 1.807) is 18.9 Å². The summed E-state index contributed by atoms with van der Waals surface area (Å²) < 4.78 is 10.2. The van der Waals surface area contributed by atoms with Gasteiger partial charge in [-0.1, -0.05) is 37.3 Å². The number of carbonyl (C=O) groups excluding carboxylic acids is 2. The van der Waals surface area contributed by atoms with Crippen molar-refractivity contribution in [1.82, 2.24) is 4.90 Å². The molecule has 0 N–H and O–H groups in total. The summed E-state index contributed by atoms with van der Waals surface area (Å²) in [7, 11) is 2.91. The van der Waals surface area contributed by atoms with Crippen LogP contribution in [0.4, 0.5) is 0 Å². The Balaban J connectivity index is 2.27. The average Bonchev–Trinajstić information content (AvgIpc) is 3.09. The van der Waals surface area contributed by atoms with E-state index in [0.717, 1.165) is 10.4 Å². The van der Waals surface area contributed by atoms with E-state index >= 15 is 0 Å². The molecule has 1 aromatic carbocycles. The number of ether oxygens (including phenoxy) is 2. The van der Waals surface area contributed by atoms with Crippen molar-refractivity contribution in [2.24, 2.45) is 5.92 Å². The molecule has 1 atom stereocenters. The molecule has 0 saturated heterocycles. The molecule has 1 heterocycles. The molecule has 0 bridgehead atoms. The molecule has 0 fully saturated rings. The zero-order valence-electron chi connectivity index (χ0n) is 14.9. The molecule has 1 unspecified atom stereocenters.